The SMILES string of the molecule is CNCc1sc(C(OC)C(C)(C)C)nc1C(C)(C)C. The van der Waals surface area contributed by atoms with Gasteiger partial charge in [-0.15, -0.1) is 11.3 Å². The lowest BCUT2D eigenvalue weighted by atomic mass is 9.88. The maximum Gasteiger partial charge on any atom is 0.123 e. The number of hydrogen-bond donors (Lipinski definition) is 1. The smallest absolute Gasteiger partial charge is 0.123 e. The molecule has 110 valence electrons. The number of nitrogens with one attached hydrogen (secondary N) is 1. The predicted octanol–water partition coefficient (Wildman–Crippen LogP) is 3.89. The zero-order valence-electron chi connectivity index (χ0n) is 13.5. The summed E-state index contributed by atoms with van der Waals surface area (Å²) in [6.45, 7) is 14.1. The lowest BCUT2D eigenvalue weighted by Crippen LogP contribution is -2.21. The molecule has 0 aliphatic carbocycles. The van der Waals surface area contributed by atoms with Gasteiger partial charge in [-0.2, -0.15) is 0 Å². The van der Waals surface area contributed by atoms with E-state index in [0.29, 0.717) is 0 Å². The van der Waals surface area contributed by atoms with Crippen molar-refractivity contribution in [1.29, 1.82) is 0 Å². The summed E-state index contributed by atoms with van der Waals surface area (Å²) >= 11 is 1.77. The Hall–Kier alpha value is -0.450. The molecule has 0 saturated heterocycles. The number of nitrogens with zero attached hydrogens (tertiary/aromatic N) is 1. The molecule has 0 bridgehead atoms. The van der Waals surface area contributed by atoms with Crippen molar-refractivity contribution in [2.24, 2.45) is 5.41 Å². The minimum absolute atomic E-state index is 0.0456. The largest absolute Gasteiger partial charge is 0.374 e. The minimum atomic E-state index is 0.0456. The van der Waals surface area contributed by atoms with Crippen LogP contribution < -0.4 is 5.32 Å². The van der Waals surface area contributed by atoms with Crippen molar-refractivity contribution in [3.8, 4) is 0 Å². The van der Waals surface area contributed by atoms with Gasteiger partial charge in [-0.05, 0) is 12.5 Å². The summed E-state index contributed by atoms with van der Waals surface area (Å²) in [5.41, 5.74) is 1.31. The molecule has 4 heteroatoms. The van der Waals surface area contributed by atoms with Crippen LogP contribution in [0.3, 0.4) is 0 Å². The average Bonchev–Trinajstić information content (AvgIpc) is 2.60. The normalized spacial score (nSPS) is 14.7. The lowest BCUT2D eigenvalue weighted by molar-refractivity contribution is 0.0149. The maximum absolute atomic E-state index is 5.69. The maximum atomic E-state index is 5.69. The highest BCUT2D eigenvalue weighted by Crippen LogP contribution is 2.40. The zero-order chi connectivity index (χ0) is 14.8. The number of aromatic nitrogens is 1. The Balaban J connectivity index is 3.24. The predicted molar refractivity (Wildman–Crippen MR) is 82.8 cm³/mol. The van der Waals surface area contributed by atoms with E-state index in [-0.39, 0.29) is 16.9 Å². The van der Waals surface area contributed by atoms with Crippen LogP contribution in [0.5, 0.6) is 0 Å². The van der Waals surface area contributed by atoms with E-state index in [4.69, 9.17) is 9.72 Å². The first-order chi connectivity index (χ1) is 8.61. The molecule has 0 amide bonds. The Kier molecular flexibility index (Phi) is 5.15. The molecule has 0 aliphatic heterocycles. The molecule has 1 rings (SSSR count). The van der Waals surface area contributed by atoms with Crippen LogP contribution in [-0.4, -0.2) is 19.1 Å². The Morgan fingerprint density at radius 2 is 1.79 bits per heavy atom. The van der Waals surface area contributed by atoms with E-state index in [1.165, 1.54) is 10.6 Å². The summed E-state index contributed by atoms with van der Waals surface area (Å²) < 4.78 is 5.69. The molecule has 1 heterocycles. The molecule has 0 fully saturated rings. The number of rotatable bonds is 4. The average molecular weight is 284 g/mol. The molecule has 1 aromatic rings. The Morgan fingerprint density at radius 3 is 2.16 bits per heavy atom. The third-order valence-corrected chi connectivity index (χ3v) is 4.11. The van der Waals surface area contributed by atoms with Crippen molar-refractivity contribution < 1.29 is 4.74 Å². The van der Waals surface area contributed by atoms with E-state index < -0.39 is 0 Å². The van der Waals surface area contributed by atoms with E-state index in [1.807, 2.05) is 7.05 Å². The highest BCUT2D eigenvalue weighted by Gasteiger charge is 2.32. The van der Waals surface area contributed by atoms with E-state index in [2.05, 4.69) is 46.9 Å². The van der Waals surface area contributed by atoms with Gasteiger partial charge in [-0.25, -0.2) is 4.98 Å². The summed E-state index contributed by atoms with van der Waals surface area (Å²) in [6, 6.07) is 0. The van der Waals surface area contributed by atoms with Crippen molar-refractivity contribution in [2.75, 3.05) is 14.2 Å². The van der Waals surface area contributed by atoms with Gasteiger partial charge < -0.3 is 10.1 Å². The second kappa shape index (κ2) is 5.90. The van der Waals surface area contributed by atoms with Gasteiger partial charge in [0.05, 0.1) is 5.69 Å². The third-order valence-electron chi connectivity index (χ3n) is 3.01. The van der Waals surface area contributed by atoms with E-state index >= 15 is 0 Å². The van der Waals surface area contributed by atoms with E-state index in [9.17, 15) is 0 Å². The molecule has 1 aromatic heterocycles. The molecule has 0 aliphatic rings. The van der Waals surface area contributed by atoms with Gasteiger partial charge in [-0.1, -0.05) is 41.5 Å². The molecule has 0 aromatic carbocycles. The quantitative estimate of drug-likeness (QED) is 0.910. The fourth-order valence-corrected chi connectivity index (χ4v) is 3.78. The van der Waals surface area contributed by atoms with Crippen LogP contribution in [0.4, 0.5) is 0 Å². The summed E-state index contributed by atoms with van der Waals surface area (Å²) in [4.78, 5) is 6.21. The minimum Gasteiger partial charge on any atom is -0.374 e. The summed E-state index contributed by atoms with van der Waals surface area (Å²) in [5, 5.41) is 4.32. The van der Waals surface area contributed by atoms with Crippen LogP contribution in [-0.2, 0) is 16.7 Å². The van der Waals surface area contributed by atoms with Crippen LogP contribution in [0.1, 0.15) is 63.2 Å². The fraction of sp³-hybridized carbons (Fsp3) is 0.800. The summed E-state index contributed by atoms with van der Waals surface area (Å²) in [6.07, 6.45) is 0.0456. The standard InChI is InChI=1S/C15H28N2OS/c1-14(2,3)11-10(9-16-7)19-13(17-11)12(18-8)15(4,5)6/h12,16H,9H2,1-8H3. The first kappa shape index (κ1) is 16.6. The van der Waals surface area contributed by atoms with E-state index in [0.717, 1.165) is 11.6 Å². The zero-order valence-corrected chi connectivity index (χ0v) is 14.4. The van der Waals surface area contributed by atoms with Crippen molar-refractivity contribution in [3.63, 3.8) is 0 Å². The van der Waals surface area contributed by atoms with Gasteiger partial charge in [-0.3, -0.25) is 0 Å². The summed E-state index contributed by atoms with van der Waals surface area (Å²) in [7, 11) is 3.75. The Morgan fingerprint density at radius 1 is 1.21 bits per heavy atom. The molecule has 0 radical (unpaired) electrons. The molecule has 3 nitrogen and oxygen atoms in total. The Labute approximate surface area is 121 Å². The van der Waals surface area contributed by atoms with Gasteiger partial charge in [0.15, 0.2) is 0 Å². The monoisotopic (exact) mass is 284 g/mol. The van der Waals surface area contributed by atoms with Gasteiger partial charge in [0.1, 0.15) is 11.1 Å². The van der Waals surface area contributed by atoms with Crippen molar-refractivity contribution >= 4 is 11.3 Å². The molecule has 1 unspecified atom stereocenters. The second-order valence-corrected chi connectivity index (χ2v) is 8.20. The van der Waals surface area contributed by atoms with Gasteiger partial charge >= 0.3 is 0 Å². The highest BCUT2D eigenvalue weighted by atomic mass is 32.1. The molecule has 19 heavy (non-hydrogen) atoms. The molecule has 0 spiro atoms. The molecule has 0 saturated carbocycles. The highest BCUT2D eigenvalue weighted by molar-refractivity contribution is 7.11. The molecular weight excluding hydrogens is 256 g/mol. The third kappa shape index (κ3) is 4.01. The molecule has 1 atom stereocenters. The lowest BCUT2D eigenvalue weighted by Gasteiger charge is -2.27. The van der Waals surface area contributed by atoms with Gasteiger partial charge in [0, 0.05) is 23.9 Å². The van der Waals surface area contributed by atoms with Crippen LogP contribution in [0.2, 0.25) is 0 Å². The van der Waals surface area contributed by atoms with Gasteiger partial charge in [0.25, 0.3) is 0 Å². The summed E-state index contributed by atoms with van der Waals surface area (Å²) in [5.74, 6) is 0. The van der Waals surface area contributed by atoms with Crippen LogP contribution in [0.25, 0.3) is 0 Å². The van der Waals surface area contributed by atoms with Crippen LogP contribution >= 0.6 is 11.3 Å². The van der Waals surface area contributed by atoms with Crippen molar-refractivity contribution in [1.82, 2.24) is 10.3 Å². The number of ether oxygens (including phenoxy) is 1. The number of thiazole rings is 1. The topological polar surface area (TPSA) is 34.1 Å². The number of methoxy groups -OCH3 is 1. The van der Waals surface area contributed by atoms with Crippen molar-refractivity contribution in [2.45, 2.75) is 59.6 Å². The molecular formula is C15H28N2OS. The van der Waals surface area contributed by atoms with Crippen molar-refractivity contribution in [3.05, 3.63) is 15.6 Å². The molecule has 1 N–H and O–H groups in total. The first-order valence-electron chi connectivity index (χ1n) is 6.78. The first-order valence-corrected chi connectivity index (χ1v) is 7.60. The van der Waals surface area contributed by atoms with E-state index in [1.54, 1.807) is 18.4 Å². The second-order valence-electron chi connectivity index (χ2n) is 7.09. The number of hydrogen-bond acceptors (Lipinski definition) is 4. The van der Waals surface area contributed by atoms with Crippen LogP contribution in [0, 0.1) is 5.41 Å². The van der Waals surface area contributed by atoms with Gasteiger partial charge in [0.2, 0.25) is 0 Å². The van der Waals surface area contributed by atoms with Crippen LogP contribution in [0.15, 0.2) is 0 Å². The Bertz CT molecular complexity index is 413. The fourth-order valence-electron chi connectivity index (χ4n) is 2.17.